The number of carboxylic acid groups (broad SMARTS) is 1. The zero-order valence-corrected chi connectivity index (χ0v) is 9.33. The molecule has 16 heavy (non-hydrogen) atoms. The van der Waals surface area contributed by atoms with Gasteiger partial charge in [0.05, 0.1) is 5.56 Å². The first-order chi connectivity index (χ1) is 7.39. The summed E-state index contributed by atoms with van der Waals surface area (Å²) < 4.78 is 13.2. The number of carbonyl (C=O) groups is 1. The highest BCUT2D eigenvalue weighted by molar-refractivity contribution is 5.89. The van der Waals surface area contributed by atoms with Gasteiger partial charge in [-0.05, 0) is 23.6 Å². The highest BCUT2D eigenvalue weighted by Gasteiger charge is 2.34. The number of anilines is 1. The molecule has 86 valence electrons. The molecule has 1 aliphatic heterocycles. The molecule has 0 aliphatic carbocycles. The van der Waals surface area contributed by atoms with E-state index >= 15 is 0 Å². The fourth-order valence-corrected chi connectivity index (χ4v) is 2.04. The molecule has 0 atom stereocenters. The fraction of sp³-hybridized carbons (Fsp3) is 0.417. The Morgan fingerprint density at radius 2 is 2.06 bits per heavy atom. The Morgan fingerprint density at radius 1 is 1.44 bits per heavy atom. The van der Waals surface area contributed by atoms with Gasteiger partial charge < -0.3 is 10.0 Å². The van der Waals surface area contributed by atoms with Gasteiger partial charge in [-0.3, -0.25) is 0 Å². The Labute approximate surface area is 93.5 Å². The van der Waals surface area contributed by atoms with E-state index in [9.17, 15) is 9.18 Å². The Balaban J connectivity index is 2.24. The molecule has 1 aromatic carbocycles. The smallest absolute Gasteiger partial charge is 0.338 e. The van der Waals surface area contributed by atoms with Crippen LogP contribution in [0, 0.1) is 11.2 Å². The number of halogens is 1. The van der Waals surface area contributed by atoms with Crippen LogP contribution in [0.3, 0.4) is 0 Å². The monoisotopic (exact) mass is 223 g/mol. The highest BCUT2D eigenvalue weighted by atomic mass is 19.1. The van der Waals surface area contributed by atoms with Gasteiger partial charge in [-0.2, -0.15) is 0 Å². The molecule has 1 aromatic rings. The molecule has 0 unspecified atom stereocenters. The second-order valence-corrected chi connectivity index (χ2v) is 4.99. The van der Waals surface area contributed by atoms with Crippen LogP contribution in [-0.4, -0.2) is 24.2 Å². The molecule has 0 aromatic heterocycles. The Kier molecular flexibility index (Phi) is 2.37. The van der Waals surface area contributed by atoms with Crippen LogP contribution in [0.2, 0.25) is 0 Å². The largest absolute Gasteiger partial charge is 0.478 e. The third-order valence-corrected chi connectivity index (χ3v) is 2.78. The maximum Gasteiger partial charge on any atom is 0.338 e. The lowest BCUT2D eigenvalue weighted by atomic mass is 9.84. The molecule has 1 heterocycles. The van der Waals surface area contributed by atoms with Gasteiger partial charge >= 0.3 is 5.97 Å². The minimum atomic E-state index is -1.22. The van der Waals surface area contributed by atoms with Crippen molar-refractivity contribution in [2.75, 3.05) is 18.0 Å². The minimum absolute atomic E-state index is 0.262. The molecule has 1 N–H and O–H groups in total. The van der Waals surface area contributed by atoms with Crippen LogP contribution in [0.15, 0.2) is 18.2 Å². The minimum Gasteiger partial charge on any atom is -0.478 e. The first-order valence-corrected chi connectivity index (χ1v) is 5.17. The summed E-state index contributed by atoms with van der Waals surface area (Å²) in [6.45, 7) is 6.03. The average molecular weight is 223 g/mol. The first-order valence-electron chi connectivity index (χ1n) is 5.17. The second-order valence-electron chi connectivity index (χ2n) is 4.99. The van der Waals surface area contributed by atoms with Crippen molar-refractivity contribution in [1.29, 1.82) is 0 Å². The number of hydrogen-bond donors (Lipinski definition) is 1. The number of hydrogen-bond acceptors (Lipinski definition) is 2. The van der Waals surface area contributed by atoms with E-state index in [0.717, 1.165) is 18.8 Å². The fourth-order valence-electron chi connectivity index (χ4n) is 2.04. The lowest BCUT2D eigenvalue weighted by molar-refractivity contribution is 0.0692. The van der Waals surface area contributed by atoms with Gasteiger partial charge in [-0.15, -0.1) is 0 Å². The number of benzene rings is 1. The van der Waals surface area contributed by atoms with Crippen LogP contribution < -0.4 is 4.90 Å². The van der Waals surface area contributed by atoms with E-state index in [4.69, 9.17) is 5.11 Å². The molecular weight excluding hydrogens is 209 g/mol. The predicted molar refractivity (Wildman–Crippen MR) is 59.4 cm³/mol. The molecular formula is C12H14FNO2. The summed E-state index contributed by atoms with van der Waals surface area (Å²) in [5.41, 5.74) is 0.776. The van der Waals surface area contributed by atoms with Crippen LogP contribution in [0.1, 0.15) is 24.2 Å². The second kappa shape index (κ2) is 3.47. The van der Waals surface area contributed by atoms with E-state index in [1.54, 1.807) is 6.07 Å². The third-order valence-electron chi connectivity index (χ3n) is 2.78. The molecule has 1 saturated heterocycles. The summed E-state index contributed by atoms with van der Waals surface area (Å²) in [7, 11) is 0. The van der Waals surface area contributed by atoms with Crippen molar-refractivity contribution in [2.45, 2.75) is 13.8 Å². The number of carboxylic acids is 1. The van der Waals surface area contributed by atoms with E-state index < -0.39 is 11.8 Å². The van der Waals surface area contributed by atoms with Crippen LogP contribution in [0.4, 0.5) is 10.1 Å². The van der Waals surface area contributed by atoms with Crippen molar-refractivity contribution >= 4 is 11.7 Å². The molecule has 1 fully saturated rings. The summed E-state index contributed by atoms with van der Waals surface area (Å²) in [5, 5.41) is 8.81. The normalized spacial score (nSPS) is 18.1. The van der Waals surface area contributed by atoms with E-state index in [1.165, 1.54) is 12.1 Å². The number of rotatable bonds is 2. The summed E-state index contributed by atoms with van der Waals surface area (Å²) >= 11 is 0. The van der Waals surface area contributed by atoms with E-state index in [0.29, 0.717) is 0 Å². The van der Waals surface area contributed by atoms with Gasteiger partial charge in [0.2, 0.25) is 0 Å². The molecule has 0 radical (unpaired) electrons. The molecule has 0 spiro atoms. The molecule has 0 saturated carbocycles. The van der Waals surface area contributed by atoms with Gasteiger partial charge in [0.25, 0.3) is 0 Å². The van der Waals surface area contributed by atoms with Gasteiger partial charge in [-0.25, -0.2) is 9.18 Å². The van der Waals surface area contributed by atoms with Gasteiger partial charge in [0.1, 0.15) is 5.82 Å². The molecule has 1 aliphatic rings. The molecule has 3 nitrogen and oxygen atoms in total. The van der Waals surface area contributed by atoms with Gasteiger partial charge in [-0.1, -0.05) is 13.8 Å². The SMILES string of the molecule is CC1(C)CN(c2ccc(F)c(C(=O)O)c2)C1. The quantitative estimate of drug-likeness (QED) is 0.836. The molecule has 0 amide bonds. The summed E-state index contributed by atoms with van der Waals surface area (Å²) in [6, 6.07) is 4.23. The van der Waals surface area contributed by atoms with Crippen molar-refractivity contribution in [2.24, 2.45) is 5.41 Å². The topological polar surface area (TPSA) is 40.5 Å². The zero-order valence-electron chi connectivity index (χ0n) is 9.33. The third kappa shape index (κ3) is 1.87. The molecule has 4 heteroatoms. The first kappa shape index (κ1) is 10.9. The zero-order chi connectivity index (χ0) is 11.9. The van der Waals surface area contributed by atoms with Crippen molar-refractivity contribution < 1.29 is 14.3 Å². The van der Waals surface area contributed by atoms with Crippen molar-refractivity contribution in [3.8, 4) is 0 Å². The summed E-state index contributed by atoms with van der Waals surface area (Å²) in [5.74, 6) is -1.91. The van der Waals surface area contributed by atoms with E-state index in [1.807, 2.05) is 4.90 Å². The van der Waals surface area contributed by atoms with E-state index in [2.05, 4.69) is 13.8 Å². The van der Waals surface area contributed by atoms with Gasteiger partial charge in [0.15, 0.2) is 0 Å². The van der Waals surface area contributed by atoms with Crippen molar-refractivity contribution in [3.63, 3.8) is 0 Å². The van der Waals surface area contributed by atoms with Crippen LogP contribution in [-0.2, 0) is 0 Å². The highest BCUT2D eigenvalue weighted by Crippen LogP contribution is 2.33. The maximum absolute atomic E-state index is 13.2. The lowest BCUT2D eigenvalue weighted by Gasteiger charge is -2.47. The summed E-state index contributed by atoms with van der Waals surface area (Å²) in [4.78, 5) is 12.8. The van der Waals surface area contributed by atoms with Crippen LogP contribution in [0.5, 0.6) is 0 Å². The van der Waals surface area contributed by atoms with Crippen molar-refractivity contribution in [1.82, 2.24) is 0 Å². The van der Waals surface area contributed by atoms with Crippen LogP contribution in [0.25, 0.3) is 0 Å². The number of nitrogens with zero attached hydrogens (tertiary/aromatic N) is 1. The lowest BCUT2D eigenvalue weighted by Crippen LogP contribution is -2.53. The molecule has 2 rings (SSSR count). The number of aromatic carboxylic acids is 1. The maximum atomic E-state index is 13.2. The average Bonchev–Trinajstić information content (AvgIpc) is 2.14. The summed E-state index contributed by atoms with van der Waals surface area (Å²) in [6.07, 6.45) is 0. The van der Waals surface area contributed by atoms with Crippen LogP contribution >= 0.6 is 0 Å². The predicted octanol–water partition coefficient (Wildman–Crippen LogP) is 2.37. The Hall–Kier alpha value is -1.58. The Bertz CT molecular complexity index is 435. The Morgan fingerprint density at radius 3 is 2.56 bits per heavy atom. The molecule has 0 bridgehead atoms. The van der Waals surface area contributed by atoms with Gasteiger partial charge in [0, 0.05) is 18.8 Å². The van der Waals surface area contributed by atoms with Crippen molar-refractivity contribution in [3.05, 3.63) is 29.6 Å². The standard InChI is InChI=1S/C12H14FNO2/c1-12(2)6-14(7-12)8-3-4-10(13)9(5-8)11(15)16/h3-5H,6-7H2,1-2H3,(H,15,16). The van der Waals surface area contributed by atoms with E-state index in [-0.39, 0.29) is 11.0 Å².